The van der Waals surface area contributed by atoms with Gasteiger partial charge in [0.25, 0.3) is 6.43 Å². The van der Waals surface area contributed by atoms with Crippen LogP contribution < -0.4 is 25.8 Å². The number of rotatable bonds is 4. The molecular formula is C25H29F7N6O2. The first kappa shape index (κ1) is 30.9. The average molecular weight is 579 g/mol. The molecule has 40 heavy (non-hydrogen) atoms. The second-order valence-corrected chi connectivity index (χ2v) is 8.58. The summed E-state index contributed by atoms with van der Waals surface area (Å²) in [6.07, 6.45) is -8.10. The summed E-state index contributed by atoms with van der Waals surface area (Å²) in [5.41, 5.74) is 0.273. The number of nitrogen functional groups attached to an aromatic ring is 1. The predicted molar refractivity (Wildman–Crippen MR) is 136 cm³/mol. The fourth-order valence-electron chi connectivity index (χ4n) is 4.03. The number of anilines is 2. The molecule has 0 saturated carbocycles. The van der Waals surface area contributed by atoms with E-state index in [0.29, 0.717) is 25.6 Å². The zero-order chi connectivity index (χ0) is 29.8. The number of benzene rings is 1. The molecule has 220 valence electrons. The van der Waals surface area contributed by atoms with Gasteiger partial charge in [0.15, 0.2) is 12.4 Å². The monoisotopic (exact) mass is 578 g/mol. The Morgan fingerprint density at radius 3 is 2.45 bits per heavy atom. The van der Waals surface area contributed by atoms with Crippen LogP contribution in [0.2, 0.25) is 0 Å². The Balaban J connectivity index is 0.00000216. The maximum absolute atomic E-state index is 16.0. The van der Waals surface area contributed by atoms with Crippen molar-refractivity contribution < 1.29 is 40.2 Å². The Morgan fingerprint density at radius 1 is 1.10 bits per heavy atom. The van der Waals surface area contributed by atoms with Crippen LogP contribution in [0.1, 0.15) is 38.3 Å². The molecule has 0 aliphatic carbocycles. The number of hydrogen-bond acceptors (Lipinski definition) is 8. The Labute approximate surface area is 225 Å². The minimum absolute atomic E-state index is 0.0889. The molecule has 1 aromatic carbocycles. The molecule has 8 nitrogen and oxygen atoms in total. The average Bonchev–Trinajstić information content (AvgIpc) is 2.92. The molecule has 3 heterocycles. The number of aromatic nitrogens is 3. The molecule has 1 atom stereocenters. The van der Waals surface area contributed by atoms with Crippen molar-refractivity contribution >= 4 is 22.4 Å². The molecule has 0 bridgehead atoms. The Morgan fingerprint density at radius 2 is 1.80 bits per heavy atom. The third-order valence-corrected chi connectivity index (χ3v) is 5.77. The summed E-state index contributed by atoms with van der Waals surface area (Å²) in [6, 6.07) is -0.0218. The summed E-state index contributed by atoms with van der Waals surface area (Å²) in [7, 11) is 0. The lowest BCUT2D eigenvalue weighted by Crippen LogP contribution is -2.26. The van der Waals surface area contributed by atoms with Gasteiger partial charge >= 0.3 is 12.2 Å². The van der Waals surface area contributed by atoms with Gasteiger partial charge < -0.3 is 25.8 Å². The van der Waals surface area contributed by atoms with Gasteiger partial charge in [-0.05, 0) is 38.4 Å². The van der Waals surface area contributed by atoms with Crippen molar-refractivity contribution in [3.63, 3.8) is 0 Å². The number of halogens is 7. The smallest absolute Gasteiger partial charge is 0.417 e. The first-order valence-corrected chi connectivity index (χ1v) is 12.5. The van der Waals surface area contributed by atoms with E-state index in [-0.39, 0.29) is 23.6 Å². The minimum atomic E-state index is -5.11. The second kappa shape index (κ2) is 12.7. The Hall–Kier alpha value is -3.62. The zero-order valence-electron chi connectivity index (χ0n) is 22.1. The van der Waals surface area contributed by atoms with Crippen LogP contribution >= 0.6 is 0 Å². The summed E-state index contributed by atoms with van der Waals surface area (Å²) in [4.78, 5) is 12.0. The van der Waals surface area contributed by atoms with E-state index in [9.17, 15) is 26.3 Å². The van der Waals surface area contributed by atoms with Gasteiger partial charge in [0.05, 0.1) is 17.4 Å². The number of nitrogens with one attached hydrogen (secondary N) is 2. The van der Waals surface area contributed by atoms with E-state index >= 15 is 4.39 Å². The van der Waals surface area contributed by atoms with Crippen molar-refractivity contribution in [3.8, 4) is 23.1 Å². The van der Waals surface area contributed by atoms with Crippen molar-refractivity contribution in [1.82, 2.24) is 20.3 Å². The van der Waals surface area contributed by atoms with Crippen molar-refractivity contribution in [3.05, 3.63) is 28.8 Å². The highest BCUT2D eigenvalue weighted by Gasteiger charge is 2.39. The molecule has 3 aromatic rings. The summed E-state index contributed by atoms with van der Waals surface area (Å²) in [5.74, 6) is -3.08. The second-order valence-electron chi connectivity index (χ2n) is 8.58. The van der Waals surface area contributed by atoms with E-state index in [2.05, 4.69) is 25.6 Å². The Bertz CT molecular complexity index is 1350. The van der Waals surface area contributed by atoms with E-state index in [1.165, 1.54) is 0 Å². The normalized spacial score (nSPS) is 15.9. The fraction of sp³-hybridized carbons (Fsp3) is 0.480. The first-order chi connectivity index (χ1) is 18.9. The molecule has 4 N–H and O–H groups in total. The van der Waals surface area contributed by atoms with Crippen LogP contribution in [0.5, 0.6) is 11.9 Å². The largest absolute Gasteiger partial charge is 0.474 e. The lowest BCUT2D eigenvalue weighted by atomic mass is 9.96. The highest BCUT2D eigenvalue weighted by Crippen LogP contribution is 2.44. The molecule has 0 radical (unpaired) electrons. The van der Waals surface area contributed by atoms with E-state index < -0.39 is 76.5 Å². The van der Waals surface area contributed by atoms with E-state index in [0.717, 1.165) is 6.92 Å². The van der Waals surface area contributed by atoms with Crippen molar-refractivity contribution in [2.45, 2.75) is 52.8 Å². The number of pyridine rings is 1. The van der Waals surface area contributed by atoms with Gasteiger partial charge in [0.2, 0.25) is 5.88 Å². The maximum atomic E-state index is 16.0. The van der Waals surface area contributed by atoms with Gasteiger partial charge in [-0.1, -0.05) is 13.8 Å². The molecule has 1 unspecified atom stereocenters. The summed E-state index contributed by atoms with van der Waals surface area (Å²) in [6.45, 7) is 6.63. The van der Waals surface area contributed by atoms with Crippen LogP contribution in [0.3, 0.4) is 0 Å². The standard InChI is InChI=1S/C23H23F7N6O2.C2H6/c1-9-3-4-32-5-6-33-20-14-19(35-22(36-20)37-8-13(24)25)17(27)18(34-21(14)38-9)11-7-12(31)16(26)10(2)15(11)23(28,29)30;1-2/h7,9,13,32H,3-6,8,31H2,1-2H3,(H,33,35,36);1-2H3. The van der Waals surface area contributed by atoms with Crippen molar-refractivity contribution in [1.29, 1.82) is 0 Å². The van der Waals surface area contributed by atoms with Gasteiger partial charge in [-0.25, -0.2) is 22.5 Å². The topological polar surface area (TPSA) is 107 Å². The lowest BCUT2D eigenvalue weighted by Gasteiger charge is -2.21. The van der Waals surface area contributed by atoms with Gasteiger partial charge in [0, 0.05) is 18.7 Å². The van der Waals surface area contributed by atoms with E-state index in [4.69, 9.17) is 15.2 Å². The van der Waals surface area contributed by atoms with E-state index in [1.54, 1.807) is 6.92 Å². The highest BCUT2D eigenvalue weighted by molar-refractivity contribution is 5.96. The van der Waals surface area contributed by atoms with E-state index in [1.807, 2.05) is 13.8 Å². The van der Waals surface area contributed by atoms with Crippen LogP contribution in [-0.4, -0.2) is 53.7 Å². The molecule has 4 rings (SSSR count). The molecule has 0 fully saturated rings. The van der Waals surface area contributed by atoms with Gasteiger partial charge in [-0.2, -0.15) is 23.1 Å². The van der Waals surface area contributed by atoms with Gasteiger partial charge in [-0.15, -0.1) is 0 Å². The number of nitrogens with two attached hydrogens (primary N) is 1. The highest BCUT2D eigenvalue weighted by atomic mass is 19.4. The third kappa shape index (κ3) is 6.57. The van der Waals surface area contributed by atoms with Crippen LogP contribution in [-0.2, 0) is 6.18 Å². The number of nitrogens with zero attached hydrogens (tertiary/aromatic N) is 3. The Kier molecular flexibility index (Phi) is 9.82. The van der Waals surface area contributed by atoms with Crippen LogP contribution in [0.15, 0.2) is 6.07 Å². The van der Waals surface area contributed by atoms with Gasteiger partial charge in [0.1, 0.15) is 28.2 Å². The molecular weight excluding hydrogens is 549 g/mol. The summed E-state index contributed by atoms with van der Waals surface area (Å²) >= 11 is 0. The first-order valence-electron chi connectivity index (χ1n) is 12.5. The summed E-state index contributed by atoms with van der Waals surface area (Å²) < 4.78 is 109. The molecule has 1 aliphatic heterocycles. The number of alkyl halides is 5. The molecule has 2 aromatic heterocycles. The van der Waals surface area contributed by atoms with Crippen molar-refractivity contribution in [2.24, 2.45) is 0 Å². The summed E-state index contributed by atoms with van der Waals surface area (Å²) in [5, 5.41) is 5.90. The third-order valence-electron chi connectivity index (χ3n) is 5.77. The molecule has 15 heteroatoms. The minimum Gasteiger partial charge on any atom is -0.474 e. The zero-order valence-corrected chi connectivity index (χ0v) is 22.1. The molecule has 0 amide bonds. The maximum Gasteiger partial charge on any atom is 0.417 e. The van der Waals surface area contributed by atoms with Crippen LogP contribution in [0.25, 0.3) is 22.2 Å². The molecule has 0 saturated heterocycles. The quantitative estimate of drug-likeness (QED) is 0.267. The fourth-order valence-corrected chi connectivity index (χ4v) is 4.03. The SMILES string of the molecule is CC.Cc1c(F)c(N)cc(-c2nc3c4c(nc(OCC(F)F)nc4c2F)NCCNCCC(C)O3)c1C(F)(F)F. The van der Waals surface area contributed by atoms with Crippen LogP contribution in [0, 0.1) is 18.6 Å². The van der Waals surface area contributed by atoms with Crippen LogP contribution in [0.4, 0.5) is 42.2 Å². The number of hydrogen-bond donors (Lipinski definition) is 3. The van der Waals surface area contributed by atoms with Crippen molar-refractivity contribution in [2.75, 3.05) is 37.3 Å². The molecule has 1 aliphatic rings. The lowest BCUT2D eigenvalue weighted by molar-refractivity contribution is -0.137. The molecule has 0 spiro atoms. The predicted octanol–water partition coefficient (Wildman–Crippen LogP) is 5.72. The number of ether oxygens (including phenoxy) is 2. The van der Waals surface area contributed by atoms with Gasteiger partial charge in [-0.3, -0.25) is 0 Å².